The molecule has 19 heavy (non-hydrogen) atoms. The molecule has 1 unspecified atom stereocenters. The highest BCUT2D eigenvalue weighted by Gasteiger charge is 2.14. The zero-order valence-corrected chi connectivity index (χ0v) is 12.0. The normalized spacial score (nSPS) is 12.6. The van der Waals surface area contributed by atoms with Crippen LogP contribution >= 0.6 is 11.6 Å². The van der Waals surface area contributed by atoms with Crippen LogP contribution in [0.3, 0.4) is 0 Å². The Labute approximate surface area is 118 Å². The fourth-order valence-corrected chi connectivity index (χ4v) is 2.44. The lowest BCUT2D eigenvalue weighted by Crippen LogP contribution is -2.28. The number of nitrogens with two attached hydrogens (primary N) is 1. The fourth-order valence-electron chi connectivity index (χ4n) is 2.18. The standard InChI is InChI=1S/C14H19ClN4/c1-10-4-3-5-12(14(10)15)13(18-16)7-6-11-8-17-19(2)9-11/h3-5,8-9,13,18H,6-7,16H2,1-2H3. The van der Waals surface area contributed by atoms with E-state index in [9.17, 15) is 0 Å². The largest absolute Gasteiger partial charge is 0.276 e. The number of hydrogen-bond donors (Lipinski definition) is 2. The molecular weight excluding hydrogens is 260 g/mol. The maximum atomic E-state index is 6.34. The third-order valence-electron chi connectivity index (χ3n) is 3.28. The van der Waals surface area contributed by atoms with Crippen molar-refractivity contribution in [2.75, 3.05) is 0 Å². The van der Waals surface area contributed by atoms with Crippen molar-refractivity contribution in [2.24, 2.45) is 12.9 Å². The predicted octanol–water partition coefficient (Wildman–Crippen LogP) is 2.52. The molecule has 2 rings (SSSR count). The summed E-state index contributed by atoms with van der Waals surface area (Å²) in [6, 6.07) is 6.07. The number of nitrogens with one attached hydrogen (secondary N) is 1. The van der Waals surface area contributed by atoms with E-state index in [1.54, 1.807) is 4.68 Å². The van der Waals surface area contributed by atoms with Gasteiger partial charge in [-0.15, -0.1) is 0 Å². The van der Waals surface area contributed by atoms with E-state index in [4.69, 9.17) is 17.4 Å². The van der Waals surface area contributed by atoms with Gasteiger partial charge in [0.2, 0.25) is 0 Å². The first-order chi connectivity index (χ1) is 9.11. The summed E-state index contributed by atoms with van der Waals surface area (Å²) >= 11 is 6.34. The van der Waals surface area contributed by atoms with Crippen LogP contribution in [0.5, 0.6) is 0 Å². The molecule has 1 heterocycles. The Balaban J connectivity index is 2.09. The summed E-state index contributed by atoms with van der Waals surface area (Å²) < 4.78 is 1.81. The molecule has 2 aromatic rings. The van der Waals surface area contributed by atoms with Crippen molar-refractivity contribution in [1.29, 1.82) is 0 Å². The molecule has 0 aliphatic heterocycles. The molecule has 3 N–H and O–H groups in total. The molecule has 0 aliphatic rings. The van der Waals surface area contributed by atoms with Gasteiger partial charge in [0.15, 0.2) is 0 Å². The smallest absolute Gasteiger partial charge is 0.0521 e. The molecule has 0 aliphatic carbocycles. The number of halogens is 1. The van der Waals surface area contributed by atoms with Gasteiger partial charge < -0.3 is 0 Å². The molecule has 4 nitrogen and oxygen atoms in total. The van der Waals surface area contributed by atoms with Gasteiger partial charge in [-0.25, -0.2) is 0 Å². The van der Waals surface area contributed by atoms with Gasteiger partial charge in [-0.05, 0) is 36.5 Å². The SMILES string of the molecule is Cc1cccc(C(CCc2cnn(C)c2)NN)c1Cl. The molecule has 1 aromatic heterocycles. The average molecular weight is 279 g/mol. The van der Waals surface area contributed by atoms with E-state index >= 15 is 0 Å². The summed E-state index contributed by atoms with van der Waals surface area (Å²) in [5, 5.41) is 4.95. The van der Waals surface area contributed by atoms with Crippen LogP contribution in [0, 0.1) is 6.92 Å². The van der Waals surface area contributed by atoms with Crippen LogP contribution < -0.4 is 11.3 Å². The number of hydrogen-bond acceptors (Lipinski definition) is 3. The van der Waals surface area contributed by atoms with Crippen LogP contribution in [0.1, 0.15) is 29.2 Å². The van der Waals surface area contributed by atoms with Crippen LogP contribution in [0.2, 0.25) is 5.02 Å². The molecule has 0 radical (unpaired) electrons. The summed E-state index contributed by atoms with van der Waals surface area (Å²) in [5.74, 6) is 5.66. The molecule has 0 amide bonds. The van der Waals surface area contributed by atoms with Crippen molar-refractivity contribution in [3.63, 3.8) is 0 Å². The van der Waals surface area contributed by atoms with Crippen molar-refractivity contribution in [3.05, 3.63) is 52.3 Å². The zero-order chi connectivity index (χ0) is 13.8. The molecular formula is C14H19ClN4. The van der Waals surface area contributed by atoms with E-state index < -0.39 is 0 Å². The Hall–Kier alpha value is -1.36. The summed E-state index contributed by atoms with van der Waals surface area (Å²) in [6.07, 6.45) is 5.69. The Kier molecular flexibility index (Phi) is 4.58. The first-order valence-corrected chi connectivity index (χ1v) is 6.68. The number of nitrogens with zero attached hydrogens (tertiary/aromatic N) is 2. The van der Waals surface area contributed by atoms with Crippen molar-refractivity contribution >= 4 is 11.6 Å². The molecule has 1 aromatic carbocycles. The maximum Gasteiger partial charge on any atom is 0.0521 e. The quantitative estimate of drug-likeness (QED) is 0.653. The molecule has 0 spiro atoms. The van der Waals surface area contributed by atoms with Gasteiger partial charge in [0.05, 0.1) is 6.20 Å². The Morgan fingerprint density at radius 2 is 2.26 bits per heavy atom. The highest BCUT2D eigenvalue weighted by Crippen LogP contribution is 2.28. The minimum atomic E-state index is 0.0487. The van der Waals surface area contributed by atoms with E-state index in [0.29, 0.717) is 0 Å². The van der Waals surface area contributed by atoms with Crippen LogP contribution in [-0.4, -0.2) is 9.78 Å². The second-order valence-corrected chi connectivity index (χ2v) is 5.14. The lowest BCUT2D eigenvalue weighted by atomic mass is 9.99. The molecule has 1 atom stereocenters. The van der Waals surface area contributed by atoms with Gasteiger partial charge in [0.25, 0.3) is 0 Å². The average Bonchev–Trinajstić information content (AvgIpc) is 2.81. The first kappa shape index (κ1) is 14.1. The van der Waals surface area contributed by atoms with Crippen LogP contribution in [0.4, 0.5) is 0 Å². The van der Waals surface area contributed by atoms with E-state index in [1.807, 2.05) is 44.6 Å². The van der Waals surface area contributed by atoms with Gasteiger partial charge in [-0.2, -0.15) is 5.10 Å². The van der Waals surface area contributed by atoms with Gasteiger partial charge in [-0.3, -0.25) is 16.0 Å². The van der Waals surface area contributed by atoms with Gasteiger partial charge >= 0.3 is 0 Å². The van der Waals surface area contributed by atoms with Gasteiger partial charge in [0.1, 0.15) is 0 Å². The van der Waals surface area contributed by atoms with E-state index in [1.165, 1.54) is 5.56 Å². The molecule has 0 saturated carbocycles. The van der Waals surface area contributed by atoms with Crippen LogP contribution in [0.25, 0.3) is 0 Å². The lowest BCUT2D eigenvalue weighted by molar-refractivity contribution is 0.516. The van der Waals surface area contributed by atoms with Crippen LogP contribution in [0.15, 0.2) is 30.6 Å². The second kappa shape index (κ2) is 6.19. The third kappa shape index (κ3) is 3.35. The van der Waals surface area contributed by atoms with Crippen LogP contribution in [-0.2, 0) is 13.5 Å². The van der Waals surface area contributed by atoms with E-state index in [0.717, 1.165) is 29.0 Å². The molecule has 0 bridgehead atoms. The summed E-state index contributed by atoms with van der Waals surface area (Å²) in [7, 11) is 1.92. The monoisotopic (exact) mass is 278 g/mol. The topological polar surface area (TPSA) is 55.9 Å². The first-order valence-electron chi connectivity index (χ1n) is 6.30. The summed E-state index contributed by atoms with van der Waals surface area (Å²) in [5.41, 5.74) is 6.17. The minimum absolute atomic E-state index is 0.0487. The maximum absolute atomic E-state index is 6.34. The highest BCUT2D eigenvalue weighted by molar-refractivity contribution is 6.32. The van der Waals surface area contributed by atoms with Crippen molar-refractivity contribution in [1.82, 2.24) is 15.2 Å². The molecule has 102 valence electrons. The Bertz CT molecular complexity index is 550. The second-order valence-electron chi connectivity index (χ2n) is 4.76. The predicted molar refractivity (Wildman–Crippen MR) is 77.8 cm³/mol. The number of aryl methyl sites for hydroxylation is 3. The Morgan fingerprint density at radius 1 is 1.47 bits per heavy atom. The number of rotatable bonds is 5. The molecule has 0 fully saturated rings. The van der Waals surface area contributed by atoms with Gasteiger partial charge in [-0.1, -0.05) is 29.8 Å². The molecule has 5 heteroatoms. The third-order valence-corrected chi connectivity index (χ3v) is 3.79. The number of aromatic nitrogens is 2. The number of benzene rings is 1. The van der Waals surface area contributed by atoms with Crippen molar-refractivity contribution < 1.29 is 0 Å². The van der Waals surface area contributed by atoms with Crippen molar-refractivity contribution in [3.8, 4) is 0 Å². The van der Waals surface area contributed by atoms with Gasteiger partial charge in [0, 0.05) is 24.3 Å². The van der Waals surface area contributed by atoms with E-state index in [2.05, 4.69) is 10.5 Å². The zero-order valence-electron chi connectivity index (χ0n) is 11.2. The highest BCUT2D eigenvalue weighted by atomic mass is 35.5. The van der Waals surface area contributed by atoms with Crippen molar-refractivity contribution in [2.45, 2.75) is 25.8 Å². The summed E-state index contributed by atoms with van der Waals surface area (Å²) in [6.45, 7) is 2.00. The van der Waals surface area contributed by atoms with E-state index in [-0.39, 0.29) is 6.04 Å². The minimum Gasteiger partial charge on any atom is -0.276 e. The molecule has 0 saturated heterocycles. The Morgan fingerprint density at radius 3 is 2.89 bits per heavy atom. The number of hydrazine groups is 1. The fraction of sp³-hybridized carbons (Fsp3) is 0.357. The summed E-state index contributed by atoms with van der Waals surface area (Å²) in [4.78, 5) is 0. The lowest BCUT2D eigenvalue weighted by Gasteiger charge is -2.18.